The second-order valence-electron chi connectivity index (χ2n) is 4.33. The van der Waals surface area contributed by atoms with E-state index < -0.39 is 0 Å². The van der Waals surface area contributed by atoms with Crippen molar-refractivity contribution in [1.29, 1.82) is 0 Å². The van der Waals surface area contributed by atoms with Gasteiger partial charge in [0, 0.05) is 5.92 Å². The lowest BCUT2D eigenvalue weighted by atomic mass is 9.95. The van der Waals surface area contributed by atoms with Crippen LogP contribution in [0.15, 0.2) is 24.3 Å². The Balaban J connectivity index is 2.36. The standard InChI is InChI=1S/C13H15NO3/c1-3-11-8(2)12(16)14(13(11)17)9-4-6-10(15)7-5-9/h4-8,11,15H,3H2,1-2H3. The van der Waals surface area contributed by atoms with E-state index in [-0.39, 0.29) is 29.4 Å². The Morgan fingerprint density at radius 2 is 1.76 bits per heavy atom. The van der Waals surface area contributed by atoms with Crippen LogP contribution in [-0.4, -0.2) is 16.9 Å². The van der Waals surface area contributed by atoms with Gasteiger partial charge in [-0.05, 0) is 30.7 Å². The molecule has 1 heterocycles. The van der Waals surface area contributed by atoms with E-state index in [0.29, 0.717) is 12.1 Å². The van der Waals surface area contributed by atoms with Gasteiger partial charge in [0.25, 0.3) is 0 Å². The highest BCUT2D eigenvalue weighted by atomic mass is 16.3. The zero-order valence-corrected chi connectivity index (χ0v) is 9.88. The molecule has 2 atom stereocenters. The molecule has 0 radical (unpaired) electrons. The third-order valence-corrected chi connectivity index (χ3v) is 3.30. The average molecular weight is 233 g/mol. The Labute approximate surface area is 99.9 Å². The molecule has 1 N–H and O–H groups in total. The molecule has 1 aromatic rings. The van der Waals surface area contributed by atoms with Crippen molar-refractivity contribution in [3.8, 4) is 5.75 Å². The number of rotatable bonds is 2. The summed E-state index contributed by atoms with van der Waals surface area (Å²) < 4.78 is 0. The van der Waals surface area contributed by atoms with E-state index >= 15 is 0 Å². The number of carbonyl (C=O) groups is 2. The average Bonchev–Trinajstić information content (AvgIpc) is 2.52. The molecular formula is C13H15NO3. The lowest BCUT2D eigenvalue weighted by Gasteiger charge is -2.14. The van der Waals surface area contributed by atoms with Crippen LogP contribution >= 0.6 is 0 Å². The minimum atomic E-state index is -0.263. The Morgan fingerprint density at radius 1 is 1.18 bits per heavy atom. The first-order chi connectivity index (χ1) is 8.06. The molecule has 2 unspecified atom stereocenters. The van der Waals surface area contributed by atoms with Crippen LogP contribution in [0.3, 0.4) is 0 Å². The van der Waals surface area contributed by atoms with E-state index in [4.69, 9.17) is 0 Å². The fraction of sp³-hybridized carbons (Fsp3) is 0.385. The fourth-order valence-electron chi connectivity index (χ4n) is 2.25. The molecule has 90 valence electrons. The molecule has 1 saturated heterocycles. The first-order valence-electron chi connectivity index (χ1n) is 5.73. The van der Waals surface area contributed by atoms with Gasteiger partial charge < -0.3 is 5.11 Å². The van der Waals surface area contributed by atoms with Gasteiger partial charge in [-0.25, -0.2) is 0 Å². The molecule has 1 aliphatic rings. The molecule has 1 aromatic carbocycles. The number of phenolic OH excluding ortho intramolecular Hbond substituents is 1. The normalized spacial score (nSPS) is 24.5. The molecule has 0 aromatic heterocycles. The van der Waals surface area contributed by atoms with Gasteiger partial charge in [0.05, 0.1) is 11.6 Å². The summed E-state index contributed by atoms with van der Waals surface area (Å²) in [5.41, 5.74) is 0.528. The molecule has 4 nitrogen and oxygen atoms in total. The Bertz CT molecular complexity index is 452. The monoisotopic (exact) mass is 233 g/mol. The van der Waals surface area contributed by atoms with Gasteiger partial charge in [-0.15, -0.1) is 0 Å². The summed E-state index contributed by atoms with van der Waals surface area (Å²) in [5, 5.41) is 9.19. The van der Waals surface area contributed by atoms with Crippen LogP contribution in [0.25, 0.3) is 0 Å². The third-order valence-electron chi connectivity index (χ3n) is 3.30. The summed E-state index contributed by atoms with van der Waals surface area (Å²) in [7, 11) is 0. The molecule has 0 spiro atoms. The van der Waals surface area contributed by atoms with E-state index in [1.165, 1.54) is 17.0 Å². The number of amides is 2. The maximum atomic E-state index is 12.1. The first kappa shape index (κ1) is 11.6. The highest BCUT2D eigenvalue weighted by Crippen LogP contribution is 2.32. The number of hydrogen-bond acceptors (Lipinski definition) is 3. The smallest absolute Gasteiger partial charge is 0.237 e. The summed E-state index contributed by atoms with van der Waals surface area (Å²) in [6, 6.07) is 6.10. The van der Waals surface area contributed by atoms with Crippen molar-refractivity contribution in [2.45, 2.75) is 20.3 Å². The van der Waals surface area contributed by atoms with Crippen LogP contribution in [-0.2, 0) is 9.59 Å². The molecule has 4 heteroatoms. The maximum Gasteiger partial charge on any atom is 0.237 e. The quantitative estimate of drug-likeness (QED) is 0.794. The second-order valence-corrected chi connectivity index (χ2v) is 4.33. The van der Waals surface area contributed by atoms with Crippen LogP contribution in [0, 0.1) is 11.8 Å². The van der Waals surface area contributed by atoms with Gasteiger partial charge in [-0.1, -0.05) is 13.8 Å². The van der Waals surface area contributed by atoms with Crippen molar-refractivity contribution < 1.29 is 14.7 Å². The Hall–Kier alpha value is -1.84. The van der Waals surface area contributed by atoms with Gasteiger partial charge in [0.1, 0.15) is 5.75 Å². The molecule has 1 aliphatic heterocycles. The van der Waals surface area contributed by atoms with Gasteiger partial charge in [0.2, 0.25) is 11.8 Å². The highest BCUT2D eigenvalue weighted by molar-refractivity contribution is 6.21. The molecule has 17 heavy (non-hydrogen) atoms. The van der Waals surface area contributed by atoms with Crippen LogP contribution in [0.1, 0.15) is 20.3 Å². The molecule has 1 fully saturated rings. The number of benzene rings is 1. The number of aromatic hydroxyl groups is 1. The predicted octanol–water partition coefficient (Wildman–Crippen LogP) is 1.93. The third kappa shape index (κ3) is 1.79. The van der Waals surface area contributed by atoms with E-state index in [9.17, 15) is 14.7 Å². The molecule has 0 aliphatic carbocycles. The minimum absolute atomic E-state index is 0.118. The van der Waals surface area contributed by atoms with Crippen molar-refractivity contribution in [3.63, 3.8) is 0 Å². The second kappa shape index (κ2) is 4.20. The largest absolute Gasteiger partial charge is 0.508 e. The van der Waals surface area contributed by atoms with Gasteiger partial charge in [-0.3, -0.25) is 14.5 Å². The number of hydrogen-bond donors (Lipinski definition) is 1. The molecule has 2 rings (SSSR count). The SMILES string of the molecule is CCC1C(=O)N(c2ccc(O)cc2)C(=O)C1C. The lowest BCUT2D eigenvalue weighted by Crippen LogP contribution is -2.30. The lowest BCUT2D eigenvalue weighted by molar-refractivity contribution is -0.122. The summed E-state index contributed by atoms with van der Waals surface area (Å²) in [4.78, 5) is 25.3. The zero-order valence-electron chi connectivity index (χ0n) is 9.88. The van der Waals surface area contributed by atoms with E-state index in [2.05, 4.69) is 0 Å². The fourth-order valence-corrected chi connectivity index (χ4v) is 2.25. The number of imide groups is 1. The zero-order chi connectivity index (χ0) is 12.6. The van der Waals surface area contributed by atoms with Crippen LogP contribution < -0.4 is 4.90 Å². The Kier molecular flexibility index (Phi) is 2.88. The van der Waals surface area contributed by atoms with Crippen molar-refractivity contribution in [3.05, 3.63) is 24.3 Å². The predicted molar refractivity (Wildman–Crippen MR) is 63.5 cm³/mol. The molecule has 0 bridgehead atoms. The number of carbonyl (C=O) groups excluding carboxylic acids is 2. The van der Waals surface area contributed by atoms with Crippen molar-refractivity contribution >= 4 is 17.5 Å². The molecule has 2 amide bonds. The van der Waals surface area contributed by atoms with Gasteiger partial charge in [0.15, 0.2) is 0 Å². The summed E-state index contributed by atoms with van der Waals surface area (Å²) in [6.07, 6.45) is 0.667. The van der Waals surface area contributed by atoms with Crippen LogP contribution in [0.2, 0.25) is 0 Å². The number of nitrogens with zero attached hydrogens (tertiary/aromatic N) is 1. The number of phenols is 1. The highest BCUT2D eigenvalue weighted by Gasteiger charge is 2.44. The van der Waals surface area contributed by atoms with Crippen LogP contribution in [0.5, 0.6) is 5.75 Å². The van der Waals surface area contributed by atoms with Crippen LogP contribution in [0.4, 0.5) is 5.69 Å². The minimum Gasteiger partial charge on any atom is -0.508 e. The van der Waals surface area contributed by atoms with E-state index in [1.54, 1.807) is 19.1 Å². The van der Waals surface area contributed by atoms with Gasteiger partial charge >= 0.3 is 0 Å². The molecular weight excluding hydrogens is 218 g/mol. The number of anilines is 1. The topological polar surface area (TPSA) is 57.6 Å². The van der Waals surface area contributed by atoms with E-state index in [0.717, 1.165) is 0 Å². The van der Waals surface area contributed by atoms with Gasteiger partial charge in [-0.2, -0.15) is 0 Å². The first-order valence-corrected chi connectivity index (χ1v) is 5.73. The van der Waals surface area contributed by atoms with Crippen molar-refractivity contribution in [2.24, 2.45) is 11.8 Å². The van der Waals surface area contributed by atoms with Crippen molar-refractivity contribution in [1.82, 2.24) is 0 Å². The summed E-state index contributed by atoms with van der Waals surface area (Å²) in [6.45, 7) is 3.70. The Morgan fingerprint density at radius 3 is 2.24 bits per heavy atom. The molecule has 0 saturated carbocycles. The maximum absolute atomic E-state index is 12.1. The van der Waals surface area contributed by atoms with Crippen molar-refractivity contribution in [2.75, 3.05) is 4.90 Å². The summed E-state index contributed by atoms with van der Waals surface area (Å²) in [5.74, 6) is -0.672. The summed E-state index contributed by atoms with van der Waals surface area (Å²) >= 11 is 0. The van der Waals surface area contributed by atoms with E-state index in [1.807, 2.05) is 6.92 Å².